The Balaban J connectivity index is 2.17. The average molecular weight is 379 g/mol. The van der Waals surface area contributed by atoms with Crippen LogP contribution in [0.1, 0.15) is 47.5 Å². The predicted octanol–water partition coefficient (Wildman–Crippen LogP) is 3.31. The third-order valence-electron chi connectivity index (χ3n) is 3.60. The maximum Gasteiger partial charge on any atom is 0.220 e. The molecule has 0 unspecified atom stereocenters. The summed E-state index contributed by atoms with van der Waals surface area (Å²) in [6.07, 6.45) is 3.36. The summed E-state index contributed by atoms with van der Waals surface area (Å²) >= 11 is 1.64. The number of carbonyl (C=O) groups is 1. The number of hydrogen-bond acceptors (Lipinski definition) is 6. The molecule has 2 aromatic heterocycles. The van der Waals surface area contributed by atoms with Crippen molar-refractivity contribution in [3.8, 4) is 0 Å². The molecular formula is C18H30N6OS. The van der Waals surface area contributed by atoms with Crippen LogP contribution >= 0.6 is 11.8 Å². The van der Waals surface area contributed by atoms with Crippen molar-refractivity contribution in [3.05, 3.63) is 6.20 Å². The minimum Gasteiger partial charge on any atom is -0.369 e. The van der Waals surface area contributed by atoms with Gasteiger partial charge < -0.3 is 10.6 Å². The van der Waals surface area contributed by atoms with Crippen LogP contribution in [-0.4, -0.2) is 44.0 Å². The zero-order chi connectivity index (χ0) is 19.1. The second kappa shape index (κ2) is 9.75. The Morgan fingerprint density at radius 3 is 2.65 bits per heavy atom. The van der Waals surface area contributed by atoms with Crippen LogP contribution in [-0.2, 0) is 11.3 Å². The molecule has 0 saturated heterocycles. The molecule has 144 valence electrons. The maximum absolute atomic E-state index is 11.8. The Hall–Kier alpha value is -1.83. The van der Waals surface area contributed by atoms with Crippen LogP contribution in [0.25, 0.3) is 11.0 Å². The third-order valence-corrected chi connectivity index (χ3v) is 4.46. The largest absolute Gasteiger partial charge is 0.369 e. The number of fused-ring (bicyclic) bond motifs is 1. The lowest BCUT2D eigenvalue weighted by Gasteiger charge is -2.10. The van der Waals surface area contributed by atoms with Gasteiger partial charge in [0.1, 0.15) is 5.82 Å². The van der Waals surface area contributed by atoms with Gasteiger partial charge in [0.05, 0.1) is 18.1 Å². The summed E-state index contributed by atoms with van der Waals surface area (Å²) in [6, 6.07) is 0. The highest BCUT2D eigenvalue weighted by Crippen LogP contribution is 2.26. The first-order valence-electron chi connectivity index (χ1n) is 9.31. The van der Waals surface area contributed by atoms with Crippen molar-refractivity contribution in [2.24, 2.45) is 5.92 Å². The van der Waals surface area contributed by atoms with Gasteiger partial charge in [0, 0.05) is 24.8 Å². The van der Waals surface area contributed by atoms with E-state index in [0.29, 0.717) is 30.7 Å². The van der Waals surface area contributed by atoms with E-state index < -0.39 is 0 Å². The first-order valence-corrected chi connectivity index (χ1v) is 10.2. The zero-order valence-electron chi connectivity index (χ0n) is 16.4. The van der Waals surface area contributed by atoms with Crippen LogP contribution in [0.2, 0.25) is 0 Å². The molecule has 2 N–H and O–H groups in total. The number of aromatic nitrogens is 4. The molecule has 7 nitrogen and oxygen atoms in total. The molecule has 0 aromatic carbocycles. The maximum atomic E-state index is 11.8. The van der Waals surface area contributed by atoms with Gasteiger partial charge in [0.15, 0.2) is 10.8 Å². The van der Waals surface area contributed by atoms with E-state index in [2.05, 4.69) is 46.5 Å². The molecule has 1 amide bonds. The van der Waals surface area contributed by atoms with Crippen molar-refractivity contribution in [3.63, 3.8) is 0 Å². The zero-order valence-corrected chi connectivity index (χ0v) is 17.2. The highest BCUT2D eigenvalue weighted by Gasteiger charge is 2.14. The lowest BCUT2D eigenvalue weighted by molar-refractivity contribution is -0.121. The quantitative estimate of drug-likeness (QED) is 0.487. The Bertz CT molecular complexity index is 728. The Morgan fingerprint density at radius 2 is 2.00 bits per heavy atom. The van der Waals surface area contributed by atoms with Gasteiger partial charge in [-0.3, -0.25) is 4.79 Å². The van der Waals surface area contributed by atoms with E-state index in [9.17, 15) is 4.79 Å². The van der Waals surface area contributed by atoms with Crippen molar-refractivity contribution in [1.29, 1.82) is 0 Å². The number of nitrogens with one attached hydrogen (secondary N) is 2. The molecule has 8 heteroatoms. The molecule has 0 aliphatic rings. The molecule has 0 bridgehead atoms. The Labute approximate surface area is 159 Å². The van der Waals surface area contributed by atoms with E-state index in [4.69, 9.17) is 0 Å². The number of carbonyl (C=O) groups excluding carboxylic acids is 1. The monoisotopic (exact) mass is 378 g/mol. The Kier molecular flexibility index (Phi) is 7.68. The molecule has 0 atom stereocenters. The lowest BCUT2D eigenvalue weighted by Crippen LogP contribution is -2.28. The minimum absolute atomic E-state index is 0.0763. The van der Waals surface area contributed by atoms with Crippen molar-refractivity contribution >= 4 is 34.5 Å². The molecule has 26 heavy (non-hydrogen) atoms. The van der Waals surface area contributed by atoms with E-state index in [-0.39, 0.29) is 5.91 Å². The van der Waals surface area contributed by atoms with Gasteiger partial charge >= 0.3 is 0 Å². The van der Waals surface area contributed by atoms with Gasteiger partial charge in [-0.15, -0.1) is 0 Å². The van der Waals surface area contributed by atoms with E-state index in [0.717, 1.165) is 35.0 Å². The van der Waals surface area contributed by atoms with Crippen molar-refractivity contribution in [2.45, 2.75) is 64.4 Å². The number of rotatable bonds is 10. The first-order chi connectivity index (χ1) is 12.4. The number of nitrogens with zero attached hydrogens (tertiary/aromatic N) is 4. The highest BCUT2D eigenvalue weighted by atomic mass is 32.2. The van der Waals surface area contributed by atoms with Gasteiger partial charge in [-0.05, 0) is 12.3 Å². The fourth-order valence-corrected chi connectivity index (χ4v) is 3.19. The smallest absolute Gasteiger partial charge is 0.220 e. The molecule has 0 aliphatic heterocycles. The summed E-state index contributed by atoms with van der Waals surface area (Å²) in [7, 11) is 0. The van der Waals surface area contributed by atoms with Crippen molar-refractivity contribution in [1.82, 2.24) is 25.1 Å². The topological polar surface area (TPSA) is 84.7 Å². The summed E-state index contributed by atoms with van der Waals surface area (Å²) in [4.78, 5) is 21.2. The molecule has 2 rings (SSSR count). The fraction of sp³-hybridized carbons (Fsp3) is 0.667. The molecule has 0 fully saturated rings. The number of anilines is 1. The summed E-state index contributed by atoms with van der Waals surface area (Å²) in [5, 5.41) is 12.8. The SMILES string of the molecule is CCCNc1nc(SC(C)C)nc2c1cnn2CCNC(=O)CC(C)C. The molecule has 0 saturated carbocycles. The summed E-state index contributed by atoms with van der Waals surface area (Å²) in [5.41, 5.74) is 0.805. The second-order valence-electron chi connectivity index (χ2n) is 7.00. The molecule has 2 aromatic rings. The third kappa shape index (κ3) is 5.86. The predicted molar refractivity (Wildman–Crippen MR) is 108 cm³/mol. The fourth-order valence-electron chi connectivity index (χ4n) is 2.48. The highest BCUT2D eigenvalue weighted by molar-refractivity contribution is 7.99. The van der Waals surface area contributed by atoms with E-state index in [1.54, 1.807) is 18.0 Å². The van der Waals surface area contributed by atoms with Crippen LogP contribution < -0.4 is 10.6 Å². The number of amides is 1. The average Bonchev–Trinajstić information content (AvgIpc) is 2.94. The first kappa shape index (κ1) is 20.5. The van der Waals surface area contributed by atoms with Gasteiger partial charge in [0.2, 0.25) is 5.91 Å². The van der Waals surface area contributed by atoms with Crippen LogP contribution in [0.3, 0.4) is 0 Å². The molecule has 0 spiro atoms. The molecule has 0 aliphatic carbocycles. The van der Waals surface area contributed by atoms with Crippen LogP contribution in [0.4, 0.5) is 5.82 Å². The minimum atomic E-state index is 0.0763. The molecule has 2 heterocycles. The van der Waals surface area contributed by atoms with E-state index in [1.807, 2.05) is 18.5 Å². The summed E-state index contributed by atoms with van der Waals surface area (Å²) in [5.74, 6) is 1.26. The molecule has 0 radical (unpaired) electrons. The van der Waals surface area contributed by atoms with E-state index >= 15 is 0 Å². The van der Waals surface area contributed by atoms with Gasteiger partial charge in [-0.25, -0.2) is 14.6 Å². The van der Waals surface area contributed by atoms with Gasteiger partial charge in [-0.1, -0.05) is 46.4 Å². The van der Waals surface area contributed by atoms with Crippen LogP contribution in [0.5, 0.6) is 0 Å². The van der Waals surface area contributed by atoms with Crippen LogP contribution in [0, 0.1) is 5.92 Å². The lowest BCUT2D eigenvalue weighted by atomic mass is 10.1. The van der Waals surface area contributed by atoms with Gasteiger partial charge in [0.25, 0.3) is 0 Å². The normalized spacial score (nSPS) is 11.5. The summed E-state index contributed by atoms with van der Waals surface area (Å²) < 4.78 is 1.84. The van der Waals surface area contributed by atoms with Gasteiger partial charge in [-0.2, -0.15) is 5.10 Å². The van der Waals surface area contributed by atoms with Crippen molar-refractivity contribution in [2.75, 3.05) is 18.4 Å². The Morgan fingerprint density at radius 1 is 1.23 bits per heavy atom. The van der Waals surface area contributed by atoms with E-state index in [1.165, 1.54) is 0 Å². The molecular weight excluding hydrogens is 348 g/mol. The second-order valence-corrected chi connectivity index (χ2v) is 8.54. The summed E-state index contributed by atoms with van der Waals surface area (Å²) in [6.45, 7) is 12.4. The number of hydrogen-bond donors (Lipinski definition) is 2. The van der Waals surface area contributed by atoms with Crippen LogP contribution in [0.15, 0.2) is 11.4 Å². The van der Waals surface area contributed by atoms with Crippen molar-refractivity contribution < 1.29 is 4.79 Å². The standard InChI is InChI=1S/C18H30N6OS/c1-6-7-20-16-14-11-21-24(9-8-19-15(25)10-12(2)3)17(14)23-18(22-16)26-13(4)5/h11-13H,6-10H2,1-5H3,(H,19,25)(H,20,22,23). The number of thioether (sulfide) groups is 1.